The largest absolute Gasteiger partial charge is 0.297 e. The first kappa shape index (κ1) is 12.3. The predicted octanol–water partition coefficient (Wildman–Crippen LogP) is 1.97. The van der Waals surface area contributed by atoms with Crippen molar-refractivity contribution in [3.63, 3.8) is 0 Å². The van der Waals surface area contributed by atoms with E-state index >= 15 is 0 Å². The zero-order valence-corrected chi connectivity index (χ0v) is 10.1. The molecular formula is C10H11O3S2. The standard InChI is InChI=1S/C10H11O3S2/c1-8-3-5-10(6-4-8)15(11,12)13-9(2)7-14/h3-6,9H,1-2H3. The van der Waals surface area contributed by atoms with Crippen LogP contribution in [0.4, 0.5) is 0 Å². The highest BCUT2D eigenvalue weighted by Crippen LogP contribution is 2.14. The maximum absolute atomic E-state index is 11.6. The number of hydrogen-bond donors (Lipinski definition) is 0. The summed E-state index contributed by atoms with van der Waals surface area (Å²) >= 11 is 4.47. The molecule has 81 valence electrons. The van der Waals surface area contributed by atoms with E-state index in [0.29, 0.717) is 0 Å². The molecule has 0 aliphatic rings. The third-order valence-electron chi connectivity index (χ3n) is 1.75. The molecule has 0 aliphatic carbocycles. The molecule has 1 unspecified atom stereocenters. The summed E-state index contributed by atoms with van der Waals surface area (Å²) in [5.41, 5.74) is 0.989. The molecule has 0 N–H and O–H groups in total. The van der Waals surface area contributed by atoms with Crippen molar-refractivity contribution in [2.45, 2.75) is 24.8 Å². The van der Waals surface area contributed by atoms with Gasteiger partial charge in [-0.25, -0.2) is 0 Å². The Hall–Kier alpha value is -0.780. The van der Waals surface area contributed by atoms with Gasteiger partial charge in [0.05, 0.1) is 10.3 Å². The van der Waals surface area contributed by atoms with Crippen LogP contribution in [0.15, 0.2) is 29.2 Å². The number of benzene rings is 1. The minimum atomic E-state index is -3.72. The van der Waals surface area contributed by atoms with Crippen LogP contribution in [-0.4, -0.2) is 19.9 Å². The van der Waals surface area contributed by atoms with Crippen molar-refractivity contribution in [2.24, 2.45) is 0 Å². The van der Waals surface area contributed by atoms with Gasteiger partial charge < -0.3 is 0 Å². The van der Waals surface area contributed by atoms with E-state index in [2.05, 4.69) is 17.6 Å². The highest BCUT2D eigenvalue weighted by atomic mass is 32.2. The molecular weight excluding hydrogens is 232 g/mol. The summed E-state index contributed by atoms with van der Waals surface area (Å²) in [4.78, 5) is 0.130. The van der Waals surface area contributed by atoms with Gasteiger partial charge in [-0.2, -0.15) is 8.42 Å². The molecule has 0 fully saturated rings. The van der Waals surface area contributed by atoms with Gasteiger partial charge in [0.2, 0.25) is 0 Å². The number of hydrogen-bond acceptors (Lipinski definition) is 4. The topological polar surface area (TPSA) is 43.4 Å². The van der Waals surface area contributed by atoms with E-state index in [1.54, 1.807) is 12.1 Å². The van der Waals surface area contributed by atoms with Gasteiger partial charge in [0.15, 0.2) is 0 Å². The summed E-state index contributed by atoms with van der Waals surface area (Å²) in [6.07, 6.45) is -0.716. The van der Waals surface area contributed by atoms with Gasteiger partial charge in [-0.15, -0.1) is 0 Å². The van der Waals surface area contributed by atoms with Crippen LogP contribution in [-0.2, 0) is 14.3 Å². The minimum Gasteiger partial charge on any atom is -0.258 e. The second-order valence-electron chi connectivity index (χ2n) is 3.12. The quantitative estimate of drug-likeness (QED) is 0.599. The van der Waals surface area contributed by atoms with Crippen LogP contribution in [0.25, 0.3) is 0 Å². The zero-order valence-electron chi connectivity index (χ0n) is 8.43. The van der Waals surface area contributed by atoms with Gasteiger partial charge >= 0.3 is 0 Å². The normalized spacial score (nSPS) is 13.5. The Morgan fingerprint density at radius 3 is 2.33 bits per heavy atom. The highest BCUT2D eigenvalue weighted by molar-refractivity contribution is 7.87. The number of aryl methyl sites for hydroxylation is 1. The van der Waals surface area contributed by atoms with Crippen LogP contribution < -0.4 is 0 Å². The van der Waals surface area contributed by atoms with E-state index in [4.69, 9.17) is 4.18 Å². The fourth-order valence-electron chi connectivity index (χ4n) is 0.970. The second-order valence-corrected chi connectivity index (χ2v) is 4.93. The number of rotatable bonds is 4. The summed E-state index contributed by atoms with van der Waals surface area (Å²) < 4.78 is 28.0. The minimum absolute atomic E-state index is 0.130. The van der Waals surface area contributed by atoms with Gasteiger partial charge in [0.25, 0.3) is 10.1 Å². The summed E-state index contributed by atoms with van der Waals surface area (Å²) in [7, 11) is -3.72. The average Bonchev–Trinajstić information content (AvgIpc) is 2.17. The first-order chi connectivity index (χ1) is 6.95. The lowest BCUT2D eigenvalue weighted by atomic mass is 10.2. The van der Waals surface area contributed by atoms with Gasteiger partial charge in [0, 0.05) is 0 Å². The molecule has 0 bridgehead atoms. The van der Waals surface area contributed by atoms with E-state index < -0.39 is 16.2 Å². The van der Waals surface area contributed by atoms with Crippen LogP contribution in [0.2, 0.25) is 0 Å². The van der Waals surface area contributed by atoms with Gasteiger partial charge in [-0.1, -0.05) is 29.9 Å². The molecule has 15 heavy (non-hydrogen) atoms. The van der Waals surface area contributed by atoms with Crippen molar-refractivity contribution in [3.8, 4) is 0 Å². The number of thiocarbonyl (C=S) groups is 1. The Morgan fingerprint density at radius 1 is 1.33 bits per heavy atom. The molecule has 1 aromatic carbocycles. The second kappa shape index (κ2) is 4.83. The molecule has 1 radical (unpaired) electrons. The van der Waals surface area contributed by atoms with E-state index in [1.165, 1.54) is 19.1 Å². The van der Waals surface area contributed by atoms with Crippen molar-refractivity contribution < 1.29 is 12.6 Å². The molecule has 0 heterocycles. The smallest absolute Gasteiger partial charge is 0.258 e. The molecule has 0 spiro atoms. The lowest BCUT2D eigenvalue weighted by molar-refractivity contribution is 0.297. The van der Waals surface area contributed by atoms with Crippen molar-refractivity contribution in [2.75, 3.05) is 0 Å². The molecule has 1 aromatic rings. The Bertz CT molecular complexity index is 434. The third kappa shape index (κ3) is 3.37. The molecule has 0 aliphatic heterocycles. The fourth-order valence-corrected chi connectivity index (χ4v) is 2.09. The van der Waals surface area contributed by atoms with Crippen LogP contribution in [0.3, 0.4) is 0 Å². The highest BCUT2D eigenvalue weighted by Gasteiger charge is 2.17. The molecule has 0 saturated heterocycles. The Balaban J connectivity index is 2.96. The molecule has 1 atom stereocenters. The third-order valence-corrected chi connectivity index (χ3v) is 3.47. The molecule has 3 nitrogen and oxygen atoms in total. The Labute approximate surface area is 95.2 Å². The van der Waals surface area contributed by atoms with Crippen molar-refractivity contribution >= 4 is 27.7 Å². The first-order valence-electron chi connectivity index (χ1n) is 4.33. The van der Waals surface area contributed by atoms with Crippen LogP contribution in [0, 0.1) is 6.92 Å². The average molecular weight is 243 g/mol. The lowest BCUT2D eigenvalue weighted by Gasteiger charge is -2.07. The van der Waals surface area contributed by atoms with Gasteiger partial charge in [0.1, 0.15) is 6.10 Å². The zero-order chi connectivity index (χ0) is 11.5. The summed E-state index contributed by atoms with van der Waals surface area (Å²) in [6, 6.07) is 6.42. The van der Waals surface area contributed by atoms with E-state index in [9.17, 15) is 8.42 Å². The van der Waals surface area contributed by atoms with Crippen molar-refractivity contribution in [3.05, 3.63) is 29.8 Å². The van der Waals surface area contributed by atoms with E-state index in [1.807, 2.05) is 6.92 Å². The fraction of sp³-hybridized carbons (Fsp3) is 0.300. The molecule has 0 saturated carbocycles. The van der Waals surface area contributed by atoms with Crippen LogP contribution in [0.5, 0.6) is 0 Å². The Kier molecular flexibility index (Phi) is 3.96. The van der Waals surface area contributed by atoms with Crippen molar-refractivity contribution in [1.82, 2.24) is 0 Å². The molecule has 0 amide bonds. The Morgan fingerprint density at radius 2 is 1.87 bits per heavy atom. The maximum atomic E-state index is 11.6. The summed E-state index contributed by atoms with van der Waals surface area (Å²) in [5, 5.41) is 2.28. The summed E-state index contributed by atoms with van der Waals surface area (Å²) in [5.74, 6) is 0. The molecule has 1 rings (SSSR count). The molecule has 5 heteroatoms. The van der Waals surface area contributed by atoms with Crippen molar-refractivity contribution in [1.29, 1.82) is 0 Å². The maximum Gasteiger partial charge on any atom is 0.297 e. The van der Waals surface area contributed by atoms with Crippen LogP contribution in [0.1, 0.15) is 12.5 Å². The lowest BCUT2D eigenvalue weighted by Crippen LogP contribution is -2.15. The van der Waals surface area contributed by atoms with Gasteiger partial charge in [-0.05, 0) is 26.0 Å². The van der Waals surface area contributed by atoms with E-state index in [-0.39, 0.29) is 4.90 Å². The monoisotopic (exact) mass is 243 g/mol. The predicted molar refractivity (Wildman–Crippen MR) is 61.5 cm³/mol. The summed E-state index contributed by atoms with van der Waals surface area (Å²) in [6.45, 7) is 3.41. The first-order valence-corrected chi connectivity index (χ1v) is 6.15. The SMILES string of the molecule is Cc1ccc(S(=O)(=O)OC(C)[C]=S)cc1. The van der Waals surface area contributed by atoms with E-state index in [0.717, 1.165) is 5.56 Å². The van der Waals surface area contributed by atoms with Gasteiger partial charge in [-0.3, -0.25) is 4.18 Å². The van der Waals surface area contributed by atoms with Crippen LogP contribution >= 0.6 is 12.2 Å². The molecule has 0 aromatic heterocycles.